The Bertz CT molecular complexity index is 653. The van der Waals surface area contributed by atoms with Gasteiger partial charge in [-0.15, -0.1) is 0 Å². The first-order chi connectivity index (χ1) is 9.51. The zero-order chi connectivity index (χ0) is 14.7. The van der Waals surface area contributed by atoms with Crippen LogP contribution < -0.4 is 4.74 Å². The van der Waals surface area contributed by atoms with Crippen molar-refractivity contribution in [3.63, 3.8) is 0 Å². The minimum absolute atomic E-state index is 0.0248. The van der Waals surface area contributed by atoms with E-state index in [1.807, 2.05) is 13.0 Å². The molecule has 20 heavy (non-hydrogen) atoms. The average Bonchev–Trinajstić information content (AvgIpc) is 2.43. The first-order valence-corrected chi connectivity index (χ1v) is 6.51. The molecule has 0 heterocycles. The second-order valence-electron chi connectivity index (χ2n) is 4.53. The van der Waals surface area contributed by atoms with Gasteiger partial charge in [0.25, 0.3) is 0 Å². The SMILES string of the molecule is COc1cc(C(=O)Cc2ccc(F)c(Cl)c2)ccc1C. The van der Waals surface area contributed by atoms with Crippen molar-refractivity contribution in [1.29, 1.82) is 0 Å². The molecule has 0 fully saturated rings. The number of hydrogen-bond acceptors (Lipinski definition) is 2. The number of aryl methyl sites for hydroxylation is 1. The van der Waals surface area contributed by atoms with Gasteiger partial charge in [0.05, 0.1) is 12.1 Å². The van der Waals surface area contributed by atoms with Gasteiger partial charge >= 0.3 is 0 Å². The molecule has 2 nitrogen and oxygen atoms in total. The molecular weight excluding hydrogens is 279 g/mol. The fourth-order valence-electron chi connectivity index (χ4n) is 1.93. The molecular formula is C16H14ClFO2. The van der Waals surface area contributed by atoms with Gasteiger partial charge in [-0.2, -0.15) is 0 Å². The normalized spacial score (nSPS) is 10.4. The van der Waals surface area contributed by atoms with Crippen LogP contribution in [0.1, 0.15) is 21.5 Å². The quantitative estimate of drug-likeness (QED) is 0.789. The fourth-order valence-corrected chi connectivity index (χ4v) is 2.13. The molecule has 0 atom stereocenters. The molecule has 0 saturated heterocycles. The van der Waals surface area contributed by atoms with Crippen LogP contribution in [0.5, 0.6) is 5.75 Å². The van der Waals surface area contributed by atoms with Gasteiger partial charge in [0.1, 0.15) is 11.6 Å². The molecule has 0 aliphatic carbocycles. The zero-order valence-electron chi connectivity index (χ0n) is 11.2. The molecule has 104 valence electrons. The molecule has 0 aliphatic rings. The molecule has 0 saturated carbocycles. The average molecular weight is 293 g/mol. The molecule has 2 aromatic rings. The number of ether oxygens (including phenoxy) is 1. The number of hydrogen-bond donors (Lipinski definition) is 0. The summed E-state index contributed by atoms with van der Waals surface area (Å²) in [5.74, 6) is 0.124. The predicted molar refractivity (Wildman–Crippen MR) is 77.2 cm³/mol. The lowest BCUT2D eigenvalue weighted by molar-refractivity contribution is 0.0992. The van der Waals surface area contributed by atoms with Crippen LogP contribution in [0.3, 0.4) is 0 Å². The summed E-state index contributed by atoms with van der Waals surface area (Å²) < 4.78 is 18.3. The monoisotopic (exact) mass is 292 g/mol. The number of rotatable bonds is 4. The molecule has 0 aromatic heterocycles. The van der Waals surface area contributed by atoms with Gasteiger partial charge in [0.15, 0.2) is 5.78 Å². The summed E-state index contributed by atoms with van der Waals surface area (Å²) >= 11 is 5.71. The van der Waals surface area contributed by atoms with Crippen molar-refractivity contribution >= 4 is 17.4 Å². The largest absolute Gasteiger partial charge is 0.496 e. The van der Waals surface area contributed by atoms with E-state index in [0.717, 1.165) is 5.56 Å². The van der Waals surface area contributed by atoms with Crippen molar-refractivity contribution in [2.24, 2.45) is 0 Å². The summed E-state index contributed by atoms with van der Waals surface area (Å²) in [5, 5.41) is 0.0248. The van der Waals surface area contributed by atoms with Crippen molar-refractivity contribution in [2.45, 2.75) is 13.3 Å². The van der Waals surface area contributed by atoms with Crippen LogP contribution in [-0.2, 0) is 6.42 Å². The van der Waals surface area contributed by atoms with Crippen molar-refractivity contribution < 1.29 is 13.9 Å². The van der Waals surface area contributed by atoms with E-state index < -0.39 is 5.82 Å². The molecule has 4 heteroatoms. The summed E-state index contributed by atoms with van der Waals surface area (Å²) in [6, 6.07) is 9.60. The van der Waals surface area contributed by atoms with Gasteiger partial charge < -0.3 is 4.74 Å². The fraction of sp³-hybridized carbons (Fsp3) is 0.188. The standard InChI is InChI=1S/C16H14ClFO2/c1-10-3-5-12(9-16(10)20-2)15(19)8-11-4-6-14(18)13(17)7-11/h3-7,9H,8H2,1-2H3. The Hall–Kier alpha value is -1.87. The van der Waals surface area contributed by atoms with Gasteiger partial charge in [-0.25, -0.2) is 4.39 Å². The topological polar surface area (TPSA) is 26.3 Å². The third-order valence-electron chi connectivity index (χ3n) is 3.08. The maximum Gasteiger partial charge on any atom is 0.167 e. The Labute approximate surface area is 122 Å². The van der Waals surface area contributed by atoms with Gasteiger partial charge in [-0.3, -0.25) is 4.79 Å². The summed E-state index contributed by atoms with van der Waals surface area (Å²) in [5.41, 5.74) is 2.21. The molecule has 2 aromatic carbocycles. The smallest absolute Gasteiger partial charge is 0.167 e. The van der Waals surface area contributed by atoms with E-state index in [-0.39, 0.29) is 17.2 Å². The van der Waals surface area contributed by atoms with Crippen molar-refractivity contribution in [1.82, 2.24) is 0 Å². The number of ketones is 1. The lowest BCUT2D eigenvalue weighted by Crippen LogP contribution is -2.04. The molecule has 0 unspecified atom stereocenters. The minimum Gasteiger partial charge on any atom is -0.496 e. The minimum atomic E-state index is -0.486. The number of benzene rings is 2. The van der Waals surface area contributed by atoms with E-state index in [1.165, 1.54) is 12.1 Å². The van der Waals surface area contributed by atoms with E-state index >= 15 is 0 Å². The molecule has 0 amide bonds. The number of halogens is 2. The Morgan fingerprint density at radius 2 is 2.00 bits per heavy atom. The molecule has 0 radical (unpaired) electrons. The number of carbonyl (C=O) groups excluding carboxylic acids is 1. The van der Waals surface area contributed by atoms with Gasteiger partial charge in [0.2, 0.25) is 0 Å². The van der Waals surface area contributed by atoms with Crippen LogP contribution in [0, 0.1) is 12.7 Å². The first-order valence-electron chi connectivity index (χ1n) is 6.13. The van der Waals surface area contributed by atoms with E-state index in [2.05, 4.69) is 0 Å². The maximum absolute atomic E-state index is 13.1. The Kier molecular flexibility index (Phi) is 4.40. The van der Waals surface area contributed by atoms with E-state index in [4.69, 9.17) is 16.3 Å². The van der Waals surface area contributed by atoms with Crippen LogP contribution in [0.15, 0.2) is 36.4 Å². The van der Waals surface area contributed by atoms with Crippen LogP contribution in [0.2, 0.25) is 5.02 Å². The second-order valence-corrected chi connectivity index (χ2v) is 4.94. The number of methoxy groups -OCH3 is 1. The second kappa shape index (κ2) is 6.06. The highest BCUT2D eigenvalue weighted by atomic mass is 35.5. The molecule has 0 bridgehead atoms. The summed E-state index contributed by atoms with van der Waals surface area (Å²) in [7, 11) is 1.57. The predicted octanol–water partition coefficient (Wildman–Crippen LogP) is 4.22. The Morgan fingerprint density at radius 3 is 2.65 bits per heavy atom. The third kappa shape index (κ3) is 3.17. The van der Waals surface area contributed by atoms with E-state index in [0.29, 0.717) is 16.9 Å². The van der Waals surface area contributed by atoms with Crippen molar-refractivity contribution in [3.8, 4) is 5.75 Å². The lowest BCUT2D eigenvalue weighted by atomic mass is 10.0. The van der Waals surface area contributed by atoms with Gasteiger partial charge in [-0.05, 0) is 36.2 Å². The highest BCUT2D eigenvalue weighted by Gasteiger charge is 2.11. The molecule has 0 spiro atoms. The van der Waals surface area contributed by atoms with E-state index in [9.17, 15) is 9.18 Å². The summed E-state index contributed by atoms with van der Waals surface area (Å²) in [4.78, 5) is 12.2. The highest BCUT2D eigenvalue weighted by molar-refractivity contribution is 6.30. The summed E-state index contributed by atoms with van der Waals surface area (Å²) in [6.45, 7) is 1.91. The lowest BCUT2D eigenvalue weighted by Gasteiger charge is -2.07. The maximum atomic E-state index is 13.1. The third-order valence-corrected chi connectivity index (χ3v) is 3.37. The van der Waals surface area contributed by atoms with Gasteiger partial charge in [0, 0.05) is 12.0 Å². The van der Waals surface area contributed by atoms with Crippen LogP contribution in [-0.4, -0.2) is 12.9 Å². The number of carbonyl (C=O) groups is 1. The van der Waals surface area contributed by atoms with E-state index in [1.54, 1.807) is 25.3 Å². The van der Waals surface area contributed by atoms with Crippen molar-refractivity contribution in [2.75, 3.05) is 7.11 Å². The Balaban J connectivity index is 2.21. The van der Waals surface area contributed by atoms with Crippen LogP contribution in [0.4, 0.5) is 4.39 Å². The highest BCUT2D eigenvalue weighted by Crippen LogP contribution is 2.21. The van der Waals surface area contributed by atoms with Gasteiger partial charge in [-0.1, -0.05) is 29.8 Å². The molecule has 0 N–H and O–H groups in total. The first kappa shape index (κ1) is 14.5. The Morgan fingerprint density at radius 1 is 1.25 bits per heavy atom. The molecule has 2 rings (SSSR count). The van der Waals surface area contributed by atoms with Crippen LogP contribution in [0.25, 0.3) is 0 Å². The number of Topliss-reactive ketones (excluding diaryl/α,β-unsaturated/α-hetero) is 1. The zero-order valence-corrected chi connectivity index (χ0v) is 12.0. The van der Waals surface area contributed by atoms with Crippen LogP contribution >= 0.6 is 11.6 Å². The summed E-state index contributed by atoms with van der Waals surface area (Å²) in [6.07, 6.45) is 0.173. The van der Waals surface area contributed by atoms with Crippen molar-refractivity contribution in [3.05, 3.63) is 63.9 Å². The molecule has 0 aliphatic heterocycles.